The van der Waals surface area contributed by atoms with E-state index in [2.05, 4.69) is 10.3 Å². The maximum atomic E-state index is 11.8. The third-order valence-electron chi connectivity index (χ3n) is 2.49. The molecule has 0 aliphatic heterocycles. The van der Waals surface area contributed by atoms with Crippen LogP contribution in [0.15, 0.2) is 30.5 Å². The second kappa shape index (κ2) is 4.69. The van der Waals surface area contributed by atoms with Crippen molar-refractivity contribution in [2.75, 3.05) is 6.54 Å². The maximum Gasteiger partial charge on any atom is 0.253 e. The summed E-state index contributed by atoms with van der Waals surface area (Å²) in [6.07, 6.45) is 1.80. The number of hydrogen-bond donors (Lipinski definition) is 3. The largest absolute Gasteiger partial charge is 0.370 e. The smallest absolute Gasteiger partial charge is 0.253 e. The average Bonchev–Trinajstić information content (AvgIpc) is 2.72. The summed E-state index contributed by atoms with van der Waals surface area (Å²) in [5.41, 5.74) is 6.48. The minimum Gasteiger partial charge on any atom is -0.370 e. The van der Waals surface area contributed by atoms with Gasteiger partial charge in [-0.25, -0.2) is 0 Å². The normalized spacial score (nSPS) is 10.4. The number of nitrogens with two attached hydrogens (primary N) is 1. The van der Waals surface area contributed by atoms with Crippen molar-refractivity contribution >= 4 is 22.7 Å². The molecule has 0 atom stereocenters. The molecule has 4 N–H and O–H groups in total. The molecule has 0 fully saturated rings. The van der Waals surface area contributed by atoms with Gasteiger partial charge in [0.2, 0.25) is 5.91 Å². The third kappa shape index (κ3) is 2.44. The lowest BCUT2D eigenvalue weighted by Gasteiger charge is -2.02. The van der Waals surface area contributed by atoms with Gasteiger partial charge < -0.3 is 16.0 Å². The van der Waals surface area contributed by atoms with E-state index in [1.54, 1.807) is 6.20 Å². The highest BCUT2D eigenvalue weighted by atomic mass is 16.2. The third-order valence-corrected chi connectivity index (χ3v) is 2.49. The zero-order valence-electron chi connectivity index (χ0n) is 9.19. The Balaban J connectivity index is 2.11. The number of para-hydroxylation sites is 1. The molecule has 0 aliphatic carbocycles. The van der Waals surface area contributed by atoms with Crippen molar-refractivity contribution in [2.45, 2.75) is 6.42 Å². The number of hydrogen-bond acceptors (Lipinski definition) is 2. The lowest BCUT2D eigenvalue weighted by Crippen LogP contribution is -2.27. The average molecular weight is 231 g/mol. The van der Waals surface area contributed by atoms with Gasteiger partial charge in [0.25, 0.3) is 5.91 Å². The first-order valence-electron chi connectivity index (χ1n) is 5.31. The Kier molecular flexibility index (Phi) is 3.09. The second-order valence-corrected chi connectivity index (χ2v) is 3.72. The molecule has 5 heteroatoms. The van der Waals surface area contributed by atoms with E-state index < -0.39 is 5.91 Å². The van der Waals surface area contributed by atoms with E-state index in [1.807, 2.05) is 24.3 Å². The van der Waals surface area contributed by atoms with E-state index in [0.717, 1.165) is 10.9 Å². The molecule has 2 amide bonds. The summed E-state index contributed by atoms with van der Waals surface area (Å²) in [6, 6.07) is 7.54. The Morgan fingerprint density at radius 1 is 1.29 bits per heavy atom. The number of primary amides is 1. The molecule has 2 rings (SSSR count). The summed E-state index contributed by atoms with van der Waals surface area (Å²) in [4.78, 5) is 25.4. The van der Waals surface area contributed by atoms with Gasteiger partial charge in [-0.05, 0) is 6.07 Å². The molecule has 0 bridgehead atoms. The van der Waals surface area contributed by atoms with Crippen molar-refractivity contribution in [3.05, 3.63) is 36.0 Å². The zero-order chi connectivity index (χ0) is 12.3. The molecular weight excluding hydrogens is 218 g/mol. The minimum absolute atomic E-state index is 0.147. The van der Waals surface area contributed by atoms with Crippen LogP contribution < -0.4 is 11.1 Å². The number of rotatable bonds is 4. The first-order chi connectivity index (χ1) is 8.18. The van der Waals surface area contributed by atoms with Crippen LogP contribution in [0.2, 0.25) is 0 Å². The Bertz CT molecular complexity index is 560. The van der Waals surface area contributed by atoms with Gasteiger partial charge in [0, 0.05) is 30.1 Å². The fourth-order valence-electron chi connectivity index (χ4n) is 1.65. The number of fused-ring (bicyclic) bond motifs is 1. The van der Waals surface area contributed by atoms with E-state index >= 15 is 0 Å². The van der Waals surface area contributed by atoms with E-state index in [-0.39, 0.29) is 18.9 Å². The summed E-state index contributed by atoms with van der Waals surface area (Å²) in [5.74, 6) is -0.632. The number of carbonyl (C=O) groups is 2. The molecule has 88 valence electrons. The van der Waals surface area contributed by atoms with Crippen LogP contribution in [0.4, 0.5) is 0 Å². The Morgan fingerprint density at radius 3 is 2.82 bits per heavy atom. The van der Waals surface area contributed by atoms with Crippen molar-refractivity contribution < 1.29 is 9.59 Å². The standard InChI is InChI=1S/C12H13N3O2/c13-11(16)5-6-14-12(17)9-7-15-10-4-2-1-3-8(9)10/h1-4,7,15H,5-6H2,(H2,13,16)(H,14,17). The van der Waals surface area contributed by atoms with E-state index in [4.69, 9.17) is 5.73 Å². The second-order valence-electron chi connectivity index (χ2n) is 3.72. The molecule has 5 nitrogen and oxygen atoms in total. The van der Waals surface area contributed by atoms with Gasteiger partial charge in [0.1, 0.15) is 0 Å². The van der Waals surface area contributed by atoms with Crippen LogP contribution in [0, 0.1) is 0 Å². The fraction of sp³-hybridized carbons (Fsp3) is 0.167. The van der Waals surface area contributed by atoms with Crippen LogP contribution in [0.1, 0.15) is 16.8 Å². The summed E-state index contributed by atoms with van der Waals surface area (Å²) in [7, 11) is 0. The highest BCUT2D eigenvalue weighted by Gasteiger charge is 2.10. The lowest BCUT2D eigenvalue weighted by molar-refractivity contribution is -0.117. The molecule has 1 heterocycles. The van der Waals surface area contributed by atoms with Gasteiger partial charge in [-0.2, -0.15) is 0 Å². The molecule has 17 heavy (non-hydrogen) atoms. The summed E-state index contributed by atoms with van der Waals surface area (Å²) >= 11 is 0. The van der Waals surface area contributed by atoms with Crippen molar-refractivity contribution in [3.63, 3.8) is 0 Å². The van der Waals surface area contributed by atoms with Gasteiger partial charge in [-0.3, -0.25) is 9.59 Å². The molecule has 2 aromatic rings. The molecule has 0 aliphatic rings. The van der Waals surface area contributed by atoms with Crippen LogP contribution in [0.5, 0.6) is 0 Å². The number of H-pyrrole nitrogens is 1. The first kappa shape index (κ1) is 11.2. The van der Waals surface area contributed by atoms with Crippen molar-refractivity contribution in [2.24, 2.45) is 5.73 Å². The van der Waals surface area contributed by atoms with Gasteiger partial charge in [0.05, 0.1) is 5.56 Å². The quantitative estimate of drug-likeness (QED) is 0.725. The summed E-state index contributed by atoms with van der Waals surface area (Å²) in [6.45, 7) is 0.258. The number of carbonyl (C=O) groups excluding carboxylic acids is 2. The maximum absolute atomic E-state index is 11.8. The van der Waals surface area contributed by atoms with E-state index in [0.29, 0.717) is 5.56 Å². The Hall–Kier alpha value is -2.30. The molecule has 0 saturated carbocycles. The molecule has 0 saturated heterocycles. The van der Waals surface area contributed by atoms with Crippen LogP contribution in [0.3, 0.4) is 0 Å². The zero-order valence-corrected chi connectivity index (χ0v) is 9.19. The van der Waals surface area contributed by atoms with Crippen molar-refractivity contribution in [1.29, 1.82) is 0 Å². The predicted octanol–water partition coefficient (Wildman–Crippen LogP) is 0.773. The molecule has 0 spiro atoms. The van der Waals surface area contributed by atoms with Crippen LogP contribution in [-0.4, -0.2) is 23.3 Å². The van der Waals surface area contributed by atoms with Gasteiger partial charge in [-0.1, -0.05) is 18.2 Å². The highest BCUT2D eigenvalue weighted by molar-refractivity contribution is 6.06. The minimum atomic E-state index is -0.427. The number of aromatic nitrogens is 1. The number of nitrogens with one attached hydrogen (secondary N) is 2. The number of benzene rings is 1. The van der Waals surface area contributed by atoms with Gasteiger partial charge in [-0.15, -0.1) is 0 Å². The monoisotopic (exact) mass is 231 g/mol. The Morgan fingerprint density at radius 2 is 2.06 bits per heavy atom. The predicted molar refractivity (Wildman–Crippen MR) is 64.4 cm³/mol. The molecule has 0 unspecified atom stereocenters. The number of aromatic amines is 1. The topological polar surface area (TPSA) is 88.0 Å². The molecule has 1 aromatic heterocycles. The molecule has 0 radical (unpaired) electrons. The Labute approximate surface area is 98.0 Å². The van der Waals surface area contributed by atoms with E-state index in [1.165, 1.54) is 0 Å². The molecular formula is C12H13N3O2. The SMILES string of the molecule is NC(=O)CCNC(=O)c1c[nH]c2ccccc12. The summed E-state index contributed by atoms with van der Waals surface area (Å²) in [5, 5.41) is 3.51. The summed E-state index contributed by atoms with van der Waals surface area (Å²) < 4.78 is 0. The van der Waals surface area contributed by atoms with Gasteiger partial charge in [0.15, 0.2) is 0 Å². The van der Waals surface area contributed by atoms with Crippen LogP contribution in [0.25, 0.3) is 10.9 Å². The van der Waals surface area contributed by atoms with E-state index in [9.17, 15) is 9.59 Å². The van der Waals surface area contributed by atoms with Crippen molar-refractivity contribution in [3.8, 4) is 0 Å². The highest BCUT2D eigenvalue weighted by Crippen LogP contribution is 2.17. The first-order valence-corrected chi connectivity index (χ1v) is 5.31. The van der Waals surface area contributed by atoms with Crippen LogP contribution >= 0.6 is 0 Å². The lowest BCUT2D eigenvalue weighted by atomic mass is 10.1. The molecule has 1 aromatic carbocycles. The van der Waals surface area contributed by atoms with Gasteiger partial charge >= 0.3 is 0 Å². The fourth-order valence-corrected chi connectivity index (χ4v) is 1.65. The van der Waals surface area contributed by atoms with Crippen LogP contribution in [-0.2, 0) is 4.79 Å². The van der Waals surface area contributed by atoms with Crippen molar-refractivity contribution in [1.82, 2.24) is 10.3 Å². The number of amides is 2.